The number of nitrogens with one attached hydrogen (secondary N) is 1. The molecule has 2 amide bonds. The predicted octanol–water partition coefficient (Wildman–Crippen LogP) is 3.21. The summed E-state index contributed by atoms with van der Waals surface area (Å²) in [5, 5.41) is 2.79. The van der Waals surface area contributed by atoms with Crippen LogP contribution in [0.4, 0.5) is 4.79 Å². The van der Waals surface area contributed by atoms with Gasteiger partial charge in [0.15, 0.2) is 0 Å². The summed E-state index contributed by atoms with van der Waals surface area (Å²) in [5.41, 5.74) is 0.912. The minimum atomic E-state index is -0.583. The zero-order valence-corrected chi connectivity index (χ0v) is 16.6. The van der Waals surface area contributed by atoms with E-state index in [0.29, 0.717) is 25.6 Å². The van der Waals surface area contributed by atoms with Crippen molar-refractivity contribution in [1.82, 2.24) is 10.2 Å². The molecule has 0 radical (unpaired) electrons. The van der Waals surface area contributed by atoms with Gasteiger partial charge in [-0.25, -0.2) is 4.79 Å². The molecule has 2 rings (SSSR count). The fourth-order valence-corrected chi connectivity index (χ4v) is 3.19. The summed E-state index contributed by atoms with van der Waals surface area (Å²) in [6, 6.07) is 8.92. The van der Waals surface area contributed by atoms with E-state index in [1.165, 1.54) is 0 Å². The molecule has 150 valence electrons. The van der Waals surface area contributed by atoms with Gasteiger partial charge in [-0.15, -0.1) is 0 Å². The Kier molecular flexibility index (Phi) is 8.58. The van der Waals surface area contributed by atoms with Gasteiger partial charge in [-0.1, -0.05) is 50.6 Å². The molecule has 1 aromatic carbocycles. The van der Waals surface area contributed by atoms with Gasteiger partial charge < -0.3 is 19.7 Å². The van der Waals surface area contributed by atoms with Gasteiger partial charge in [0.25, 0.3) is 0 Å². The minimum absolute atomic E-state index is 0.0238. The zero-order valence-electron chi connectivity index (χ0n) is 16.6. The van der Waals surface area contributed by atoms with Crippen LogP contribution in [0.15, 0.2) is 30.3 Å². The molecule has 0 bridgehead atoms. The molecule has 1 fully saturated rings. The second kappa shape index (κ2) is 10.9. The van der Waals surface area contributed by atoms with Crippen molar-refractivity contribution in [2.24, 2.45) is 11.8 Å². The maximum Gasteiger partial charge on any atom is 0.408 e. The molecular formula is C21H32N2O4. The molecule has 3 atom stereocenters. The largest absolute Gasteiger partial charge is 0.445 e. The van der Waals surface area contributed by atoms with Crippen LogP contribution < -0.4 is 5.32 Å². The third-order valence-electron chi connectivity index (χ3n) is 5.16. The normalized spacial score (nSPS) is 18.6. The maximum absolute atomic E-state index is 13.1. The van der Waals surface area contributed by atoms with Crippen molar-refractivity contribution in [2.45, 2.75) is 46.3 Å². The Balaban J connectivity index is 1.95. The number of benzene rings is 1. The van der Waals surface area contributed by atoms with Crippen LogP contribution in [-0.4, -0.2) is 49.2 Å². The van der Waals surface area contributed by atoms with Gasteiger partial charge in [0.1, 0.15) is 12.6 Å². The van der Waals surface area contributed by atoms with Crippen molar-refractivity contribution in [2.75, 3.05) is 26.3 Å². The van der Waals surface area contributed by atoms with E-state index >= 15 is 0 Å². The number of alkyl carbamates (subject to hydrolysis) is 1. The van der Waals surface area contributed by atoms with Crippen LogP contribution in [0.3, 0.4) is 0 Å². The third kappa shape index (κ3) is 6.54. The fraction of sp³-hybridized carbons (Fsp3) is 0.619. The van der Waals surface area contributed by atoms with Crippen molar-refractivity contribution in [3.8, 4) is 0 Å². The molecule has 0 saturated carbocycles. The van der Waals surface area contributed by atoms with Crippen LogP contribution in [0, 0.1) is 11.8 Å². The van der Waals surface area contributed by atoms with Gasteiger partial charge in [0.05, 0.1) is 6.61 Å². The first kappa shape index (κ1) is 21.2. The number of hydrogen-bond acceptors (Lipinski definition) is 4. The highest BCUT2D eigenvalue weighted by Gasteiger charge is 2.31. The summed E-state index contributed by atoms with van der Waals surface area (Å²) in [5.74, 6) is 0.350. The molecule has 1 saturated heterocycles. The smallest absolute Gasteiger partial charge is 0.408 e. The quantitative estimate of drug-likeness (QED) is 0.719. The number of nitrogens with zero attached hydrogens (tertiary/aromatic N) is 1. The van der Waals surface area contributed by atoms with Gasteiger partial charge in [0, 0.05) is 25.6 Å². The van der Waals surface area contributed by atoms with Crippen LogP contribution in [0.1, 0.15) is 39.2 Å². The Morgan fingerprint density at radius 3 is 2.63 bits per heavy atom. The molecule has 1 aliphatic heterocycles. The summed E-state index contributed by atoms with van der Waals surface area (Å²) in [6.07, 6.45) is 1.21. The highest BCUT2D eigenvalue weighted by Crippen LogP contribution is 2.17. The maximum atomic E-state index is 13.1. The summed E-state index contributed by atoms with van der Waals surface area (Å²) in [4.78, 5) is 27.2. The number of likely N-dealkylation sites (N-methyl/N-ethyl adjacent to an activating group) is 1. The van der Waals surface area contributed by atoms with Crippen LogP contribution >= 0.6 is 0 Å². The fourth-order valence-electron chi connectivity index (χ4n) is 3.19. The lowest BCUT2D eigenvalue weighted by Crippen LogP contribution is -2.52. The molecule has 6 nitrogen and oxygen atoms in total. The first-order valence-electron chi connectivity index (χ1n) is 9.88. The summed E-state index contributed by atoms with van der Waals surface area (Å²) < 4.78 is 10.7. The van der Waals surface area contributed by atoms with Crippen LogP contribution in [0.2, 0.25) is 0 Å². The SMILES string of the molecule is CC[C@H](C)[C@H](NC(=O)OCc1ccccc1)C(=O)N(CC)CC1CCOC1. The van der Waals surface area contributed by atoms with Crippen molar-refractivity contribution in [1.29, 1.82) is 0 Å². The predicted molar refractivity (Wildman–Crippen MR) is 104 cm³/mol. The number of hydrogen-bond donors (Lipinski definition) is 1. The molecule has 1 heterocycles. The zero-order chi connectivity index (χ0) is 19.6. The highest BCUT2D eigenvalue weighted by molar-refractivity contribution is 5.86. The van der Waals surface area contributed by atoms with E-state index in [4.69, 9.17) is 9.47 Å². The molecule has 0 spiro atoms. The molecule has 1 unspecified atom stereocenters. The lowest BCUT2D eigenvalue weighted by atomic mass is 9.97. The van der Waals surface area contributed by atoms with E-state index in [-0.39, 0.29) is 18.4 Å². The Bertz CT molecular complexity index is 587. The van der Waals surface area contributed by atoms with Gasteiger partial charge in [-0.2, -0.15) is 0 Å². The summed E-state index contributed by atoms with van der Waals surface area (Å²) in [6.45, 7) is 8.89. The van der Waals surface area contributed by atoms with Crippen molar-refractivity contribution < 1.29 is 19.1 Å². The van der Waals surface area contributed by atoms with Crippen molar-refractivity contribution >= 4 is 12.0 Å². The van der Waals surface area contributed by atoms with Crippen molar-refractivity contribution in [3.05, 3.63) is 35.9 Å². The van der Waals surface area contributed by atoms with E-state index in [2.05, 4.69) is 5.32 Å². The third-order valence-corrected chi connectivity index (χ3v) is 5.16. The highest BCUT2D eigenvalue weighted by atomic mass is 16.5. The number of ether oxygens (including phenoxy) is 2. The number of carbonyl (C=O) groups excluding carboxylic acids is 2. The molecule has 1 aliphatic rings. The van der Waals surface area contributed by atoms with Gasteiger partial charge in [0.2, 0.25) is 5.91 Å². The van der Waals surface area contributed by atoms with Gasteiger partial charge in [-0.05, 0) is 24.8 Å². The topological polar surface area (TPSA) is 67.9 Å². The van der Waals surface area contributed by atoms with Crippen LogP contribution in [0.5, 0.6) is 0 Å². The Labute approximate surface area is 162 Å². The Hall–Kier alpha value is -2.08. The average molecular weight is 376 g/mol. The van der Waals surface area contributed by atoms with Crippen LogP contribution in [-0.2, 0) is 20.9 Å². The monoisotopic (exact) mass is 376 g/mol. The van der Waals surface area contributed by atoms with Crippen molar-refractivity contribution in [3.63, 3.8) is 0 Å². The molecular weight excluding hydrogens is 344 g/mol. The Morgan fingerprint density at radius 1 is 1.30 bits per heavy atom. The number of rotatable bonds is 9. The standard InChI is InChI=1S/C21H32N2O4/c1-4-16(3)19(20(24)23(5-2)13-18-11-12-26-14-18)22-21(25)27-15-17-9-7-6-8-10-17/h6-10,16,18-19H,4-5,11-15H2,1-3H3,(H,22,25)/t16-,18?,19-/m0/s1. The lowest BCUT2D eigenvalue weighted by molar-refractivity contribution is -0.135. The lowest BCUT2D eigenvalue weighted by Gasteiger charge is -2.31. The van der Waals surface area contributed by atoms with E-state index < -0.39 is 12.1 Å². The average Bonchev–Trinajstić information content (AvgIpc) is 3.21. The molecule has 1 N–H and O–H groups in total. The van der Waals surface area contributed by atoms with Gasteiger partial charge in [-0.3, -0.25) is 4.79 Å². The minimum Gasteiger partial charge on any atom is -0.445 e. The summed E-state index contributed by atoms with van der Waals surface area (Å²) >= 11 is 0. The second-order valence-electron chi connectivity index (χ2n) is 7.18. The first-order valence-corrected chi connectivity index (χ1v) is 9.88. The number of amides is 2. The molecule has 0 aliphatic carbocycles. The van der Waals surface area contributed by atoms with E-state index in [1.54, 1.807) is 0 Å². The number of carbonyl (C=O) groups is 2. The van der Waals surface area contributed by atoms with Gasteiger partial charge >= 0.3 is 6.09 Å². The van der Waals surface area contributed by atoms with Crippen LogP contribution in [0.25, 0.3) is 0 Å². The second-order valence-corrected chi connectivity index (χ2v) is 7.18. The molecule has 1 aromatic rings. The van der Waals surface area contributed by atoms with E-state index in [1.807, 2.05) is 56.0 Å². The van der Waals surface area contributed by atoms with E-state index in [9.17, 15) is 9.59 Å². The van der Waals surface area contributed by atoms with E-state index in [0.717, 1.165) is 25.0 Å². The first-order chi connectivity index (χ1) is 13.0. The molecule has 6 heteroatoms. The summed E-state index contributed by atoms with van der Waals surface area (Å²) in [7, 11) is 0. The molecule has 0 aromatic heterocycles. The Morgan fingerprint density at radius 2 is 2.04 bits per heavy atom. The molecule has 27 heavy (non-hydrogen) atoms.